The molecule has 0 atom stereocenters. The minimum atomic E-state index is -0.322. The third kappa shape index (κ3) is 2.98. The molecule has 1 N–H and O–H groups in total. The Morgan fingerprint density at radius 1 is 1.53 bits per heavy atom. The first-order valence-electron chi connectivity index (χ1n) is 5.40. The summed E-state index contributed by atoms with van der Waals surface area (Å²) >= 11 is 7.15. The summed E-state index contributed by atoms with van der Waals surface area (Å²) in [4.78, 5) is 26.0. The highest BCUT2D eigenvalue weighted by atomic mass is 35.5. The molecule has 0 aromatic carbocycles. The van der Waals surface area contributed by atoms with Crippen molar-refractivity contribution in [1.29, 1.82) is 0 Å². The van der Waals surface area contributed by atoms with Gasteiger partial charge in [0, 0.05) is 30.3 Å². The number of carbonyl (C=O) groups excluding carboxylic acids is 2. The topological polar surface area (TPSA) is 49.4 Å². The molecule has 1 aliphatic rings. The maximum Gasteiger partial charge on any atom is 0.324 e. The highest BCUT2D eigenvalue weighted by molar-refractivity contribution is 7.10. The van der Waals surface area contributed by atoms with E-state index in [4.69, 9.17) is 11.6 Å². The van der Waals surface area contributed by atoms with Crippen molar-refractivity contribution in [2.75, 3.05) is 12.4 Å². The van der Waals surface area contributed by atoms with E-state index in [1.807, 2.05) is 11.4 Å². The number of nitrogens with one attached hydrogen (secondary N) is 1. The minimum Gasteiger partial charge on any atom is -0.320 e. The van der Waals surface area contributed by atoms with Gasteiger partial charge in [-0.05, 0) is 23.4 Å². The fourth-order valence-corrected chi connectivity index (χ4v) is 2.83. The molecule has 3 amide bonds. The van der Waals surface area contributed by atoms with Crippen molar-refractivity contribution >= 4 is 34.9 Å². The summed E-state index contributed by atoms with van der Waals surface area (Å²) in [6.07, 6.45) is 1.04. The normalized spacial score (nSPS) is 14.3. The molecule has 0 saturated heterocycles. The van der Waals surface area contributed by atoms with Crippen LogP contribution in [0.1, 0.15) is 16.9 Å². The van der Waals surface area contributed by atoms with Crippen LogP contribution in [0, 0.1) is 0 Å². The number of fused-ring (bicyclic) bond motifs is 1. The molecule has 2 heterocycles. The third-order valence-electron chi connectivity index (χ3n) is 2.66. The second kappa shape index (κ2) is 5.51. The Labute approximate surface area is 109 Å². The molecule has 0 saturated carbocycles. The van der Waals surface area contributed by atoms with E-state index in [1.165, 1.54) is 10.4 Å². The molecule has 1 aromatic heterocycles. The molecule has 0 fully saturated rings. The Bertz CT molecular complexity index is 433. The fraction of sp³-hybridized carbons (Fsp3) is 0.455. The molecule has 92 valence electrons. The lowest BCUT2D eigenvalue weighted by Gasteiger charge is -2.26. The number of rotatable bonds is 2. The number of amides is 3. The predicted molar refractivity (Wildman–Crippen MR) is 67.3 cm³/mol. The number of nitrogens with zero attached hydrogens (tertiary/aromatic N) is 1. The van der Waals surface area contributed by atoms with Crippen LogP contribution in [-0.2, 0) is 17.8 Å². The van der Waals surface area contributed by atoms with E-state index < -0.39 is 0 Å². The molecule has 1 aromatic rings. The average Bonchev–Trinajstić information content (AvgIpc) is 2.75. The van der Waals surface area contributed by atoms with Crippen LogP contribution in [0.2, 0.25) is 0 Å². The van der Waals surface area contributed by atoms with Gasteiger partial charge in [-0.2, -0.15) is 0 Å². The van der Waals surface area contributed by atoms with Crippen LogP contribution in [0.15, 0.2) is 11.4 Å². The SMILES string of the molecule is O=C(CCCl)NC(=O)N1CCc2sccc2C1. The molecule has 17 heavy (non-hydrogen) atoms. The predicted octanol–water partition coefficient (Wildman–Crippen LogP) is 1.97. The van der Waals surface area contributed by atoms with Crippen molar-refractivity contribution in [1.82, 2.24) is 10.2 Å². The van der Waals surface area contributed by atoms with Gasteiger partial charge in [-0.1, -0.05) is 0 Å². The van der Waals surface area contributed by atoms with Crippen LogP contribution in [0.5, 0.6) is 0 Å². The zero-order valence-electron chi connectivity index (χ0n) is 9.24. The molecular formula is C11H13ClN2O2S. The highest BCUT2D eigenvalue weighted by Gasteiger charge is 2.22. The number of imide groups is 1. The smallest absolute Gasteiger partial charge is 0.320 e. The lowest BCUT2D eigenvalue weighted by Crippen LogP contribution is -2.44. The number of carbonyl (C=O) groups is 2. The standard InChI is InChI=1S/C11H13ClN2O2S/c12-4-1-10(15)13-11(16)14-5-2-9-8(7-14)3-6-17-9/h3,6H,1-2,4-5,7H2,(H,13,15,16). The Morgan fingerprint density at radius 2 is 2.35 bits per heavy atom. The number of halogens is 1. The van der Waals surface area contributed by atoms with E-state index in [1.54, 1.807) is 16.2 Å². The monoisotopic (exact) mass is 272 g/mol. The van der Waals surface area contributed by atoms with Crippen LogP contribution in [-0.4, -0.2) is 29.3 Å². The summed E-state index contributed by atoms with van der Waals surface area (Å²) in [5.74, 6) is -0.0885. The maximum atomic E-state index is 11.8. The van der Waals surface area contributed by atoms with Crippen molar-refractivity contribution in [3.63, 3.8) is 0 Å². The number of thiophene rings is 1. The van der Waals surface area contributed by atoms with Crippen LogP contribution in [0.4, 0.5) is 4.79 Å². The number of hydrogen-bond donors (Lipinski definition) is 1. The van der Waals surface area contributed by atoms with Crippen LogP contribution < -0.4 is 5.32 Å². The van der Waals surface area contributed by atoms with Crippen molar-refractivity contribution in [3.05, 3.63) is 21.9 Å². The Hall–Kier alpha value is -1.07. The van der Waals surface area contributed by atoms with E-state index in [9.17, 15) is 9.59 Å². The van der Waals surface area contributed by atoms with Gasteiger partial charge < -0.3 is 4.90 Å². The third-order valence-corrected chi connectivity index (χ3v) is 3.87. The first kappa shape index (κ1) is 12.4. The van der Waals surface area contributed by atoms with E-state index in [0.717, 1.165) is 6.42 Å². The first-order valence-corrected chi connectivity index (χ1v) is 6.82. The van der Waals surface area contributed by atoms with E-state index in [2.05, 4.69) is 5.32 Å². The fourth-order valence-electron chi connectivity index (χ4n) is 1.77. The van der Waals surface area contributed by atoms with Crippen molar-refractivity contribution in [2.45, 2.75) is 19.4 Å². The molecule has 0 aliphatic carbocycles. The first-order chi connectivity index (χ1) is 8.20. The lowest BCUT2D eigenvalue weighted by molar-refractivity contribution is -0.119. The van der Waals surface area contributed by atoms with Crippen molar-refractivity contribution in [2.24, 2.45) is 0 Å². The average molecular weight is 273 g/mol. The van der Waals surface area contributed by atoms with Crippen LogP contribution in [0.25, 0.3) is 0 Å². The van der Waals surface area contributed by atoms with E-state index in [-0.39, 0.29) is 24.2 Å². The number of hydrogen-bond acceptors (Lipinski definition) is 3. The molecule has 0 unspecified atom stereocenters. The Morgan fingerprint density at radius 3 is 3.12 bits per heavy atom. The van der Waals surface area contributed by atoms with Gasteiger partial charge in [0.15, 0.2) is 0 Å². The summed E-state index contributed by atoms with van der Waals surface area (Å²) < 4.78 is 0. The van der Waals surface area contributed by atoms with Gasteiger partial charge in [-0.3, -0.25) is 10.1 Å². The molecule has 6 heteroatoms. The molecule has 1 aliphatic heterocycles. The lowest BCUT2D eigenvalue weighted by atomic mass is 10.1. The molecule has 4 nitrogen and oxygen atoms in total. The molecule has 0 spiro atoms. The van der Waals surface area contributed by atoms with Gasteiger partial charge >= 0.3 is 6.03 Å². The highest BCUT2D eigenvalue weighted by Crippen LogP contribution is 2.23. The number of urea groups is 1. The second-order valence-electron chi connectivity index (χ2n) is 3.83. The van der Waals surface area contributed by atoms with Gasteiger partial charge in [0.05, 0.1) is 0 Å². The van der Waals surface area contributed by atoms with Gasteiger partial charge in [0.25, 0.3) is 0 Å². The van der Waals surface area contributed by atoms with Crippen molar-refractivity contribution in [3.8, 4) is 0 Å². The van der Waals surface area contributed by atoms with Gasteiger partial charge in [-0.15, -0.1) is 22.9 Å². The van der Waals surface area contributed by atoms with Gasteiger partial charge in [0.1, 0.15) is 0 Å². The molecule has 0 radical (unpaired) electrons. The molecular weight excluding hydrogens is 260 g/mol. The maximum absolute atomic E-state index is 11.8. The summed E-state index contributed by atoms with van der Waals surface area (Å²) in [5, 5.41) is 4.37. The molecule has 0 bridgehead atoms. The largest absolute Gasteiger partial charge is 0.324 e. The van der Waals surface area contributed by atoms with Crippen LogP contribution >= 0.6 is 22.9 Å². The van der Waals surface area contributed by atoms with Crippen molar-refractivity contribution < 1.29 is 9.59 Å². The number of alkyl halides is 1. The zero-order valence-corrected chi connectivity index (χ0v) is 10.8. The minimum absolute atomic E-state index is 0.171. The van der Waals surface area contributed by atoms with Gasteiger partial charge in [0.2, 0.25) is 5.91 Å². The second-order valence-corrected chi connectivity index (χ2v) is 5.21. The summed E-state index contributed by atoms with van der Waals surface area (Å²) in [6.45, 7) is 1.24. The van der Waals surface area contributed by atoms with E-state index >= 15 is 0 Å². The zero-order chi connectivity index (χ0) is 12.3. The Balaban J connectivity index is 1.92. The van der Waals surface area contributed by atoms with Crippen LogP contribution in [0.3, 0.4) is 0 Å². The van der Waals surface area contributed by atoms with Gasteiger partial charge in [-0.25, -0.2) is 4.79 Å². The van der Waals surface area contributed by atoms with E-state index in [0.29, 0.717) is 13.1 Å². The quantitative estimate of drug-likeness (QED) is 0.837. The summed E-state index contributed by atoms with van der Waals surface area (Å²) in [7, 11) is 0. The summed E-state index contributed by atoms with van der Waals surface area (Å²) in [5.41, 5.74) is 1.18. The molecule has 2 rings (SSSR count). The Kier molecular flexibility index (Phi) is 4.02. The summed E-state index contributed by atoms with van der Waals surface area (Å²) in [6, 6.07) is 1.71.